The predicted molar refractivity (Wildman–Crippen MR) is 103 cm³/mol. The zero-order valence-electron chi connectivity index (χ0n) is 16.3. The van der Waals surface area contributed by atoms with Gasteiger partial charge in [-0.05, 0) is 31.9 Å². The van der Waals surface area contributed by atoms with Gasteiger partial charge in [0.2, 0.25) is 11.8 Å². The van der Waals surface area contributed by atoms with Crippen molar-refractivity contribution < 1.29 is 14.4 Å². The van der Waals surface area contributed by atoms with Crippen LogP contribution in [0, 0.1) is 13.8 Å². The molecule has 0 bridgehead atoms. The van der Waals surface area contributed by atoms with Crippen LogP contribution in [-0.2, 0) is 14.4 Å². The molecule has 0 saturated heterocycles. The minimum atomic E-state index is -0.514. The Bertz CT molecular complexity index is 838. The number of carbonyl (C=O) groups is 3. The minimum absolute atomic E-state index is 0.286. The van der Waals surface area contributed by atoms with Crippen molar-refractivity contribution in [2.24, 2.45) is 4.99 Å². The van der Waals surface area contributed by atoms with E-state index in [4.69, 9.17) is 4.99 Å². The number of hydrogen-bond donors (Lipinski definition) is 0. The Labute approximate surface area is 163 Å². The van der Waals surface area contributed by atoms with Crippen molar-refractivity contribution >= 4 is 35.3 Å². The lowest BCUT2D eigenvalue weighted by molar-refractivity contribution is -0.164. The number of hydrazine groups is 1. The van der Waals surface area contributed by atoms with Crippen molar-refractivity contribution in [3.8, 4) is 0 Å². The largest absolute Gasteiger partial charge is 0.273 e. The molecule has 3 rings (SSSR count). The average molecular weight is 388 g/mol. The van der Waals surface area contributed by atoms with Gasteiger partial charge < -0.3 is 0 Å². The van der Waals surface area contributed by atoms with Gasteiger partial charge in [0, 0.05) is 31.5 Å². The zero-order chi connectivity index (χ0) is 19.9. The summed E-state index contributed by atoms with van der Waals surface area (Å²) in [5, 5.41) is 2.40. The predicted octanol–water partition coefficient (Wildman–Crippen LogP) is 2.95. The van der Waals surface area contributed by atoms with Crippen molar-refractivity contribution in [3.63, 3.8) is 0 Å². The van der Waals surface area contributed by atoms with Crippen LogP contribution in [0.4, 0.5) is 0 Å². The number of pyridine rings is 1. The fourth-order valence-electron chi connectivity index (χ4n) is 3.60. The number of unbranched alkanes of at least 4 members (excludes halogenated alkanes) is 1. The summed E-state index contributed by atoms with van der Waals surface area (Å²) in [6, 6.07) is 1.67. The van der Waals surface area contributed by atoms with Crippen LogP contribution >= 0.6 is 11.8 Å². The number of carbonyl (C=O) groups excluding carboxylic acids is 3. The van der Waals surface area contributed by atoms with E-state index in [1.807, 2.05) is 26.8 Å². The molecule has 0 aliphatic carbocycles. The first-order valence-electron chi connectivity index (χ1n) is 9.12. The van der Waals surface area contributed by atoms with Crippen LogP contribution < -0.4 is 0 Å². The molecule has 144 valence electrons. The fraction of sp³-hybridized carbons (Fsp3) is 0.526. The number of thioether (sulfide) groups is 1. The SMILES string of the molecule is CCCCC1=N[C@H]2c3c(C)cc(C)nc3S[C@H]2C(=O)N1N(C(C)=O)C(C)=O. The van der Waals surface area contributed by atoms with Crippen LogP contribution in [0.15, 0.2) is 16.1 Å². The minimum Gasteiger partial charge on any atom is -0.273 e. The van der Waals surface area contributed by atoms with E-state index in [-0.39, 0.29) is 11.9 Å². The molecule has 0 fully saturated rings. The van der Waals surface area contributed by atoms with Crippen molar-refractivity contribution in [1.29, 1.82) is 0 Å². The van der Waals surface area contributed by atoms with E-state index in [1.165, 1.54) is 30.6 Å². The average Bonchev–Trinajstić information content (AvgIpc) is 2.93. The van der Waals surface area contributed by atoms with Gasteiger partial charge in [0.25, 0.3) is 5.91 Å². The Hall–Kier alpha value is -2.22. The van der Waals surface area contributed by atoms with Gasteiger partial charge in [-0.3, -0.25) is 19.4 Å². The topological polar surface area (TPSA) is 82.9 Å². The molecule has 1 aromatic rings. The maximum absolute atomic E-state index is 13.3. The molecule has 0 spiro atoms. The molecule has 0 N–H and O–H groups in total. The van der Waals surface area contributed by atoms with E-state index in [9.17, 15) is 14.4 Å². The smallest absolute Gasteiger partial charge is 0.263 e. The molecule has 0 aromatic carbocycles. The molecule has 2 aliphatic heterocycles. The normalized spacial score (nSPS) is 20.9. The number of aryl methyl sites for hydroxylation is 2. The first-order valence-corrected chi connectivity index (χ1v) is 10.0. The summed E-state index contributed by atoms with van der Waals surface area (Å²) in [4.78, 5) is 47.0. The molecule has 1 aromatic heterocycles. The highest BCUT2D eigenvalue weighted by Crippen LogP contribution is 2.49. The number of amidine groups is 1. The van der Waals surface area contributed by atoms with Crippen molar-refractivity contribution in [3.05, 3.63) is 22.9 Å². The van der Waals surface area contributed by atoms with Crippen molar-refractivity contribution in [1.82, 2.24) is 15.0 Å². The van der Waals surface area contributed by atoms with Crippen LogP contribution in [0.2, 0.25) is 0 Å². The number of fused-ring (bicyclic) bond motifs is 3. The van der Waals surface area contributed by atoms with E-state index >= 15 is 0 Å². The van der Waals surface area contributed by atoms with Crippen molar-refractivity contribution in [2.75, 3.05) is 0 Å². The van der Waals surface area contributed by atoms with Gasteiger partial charge in [0.05, 0.1) is 0 Å². The fourth-order valence-corrected chi connectivity index (χ4v) is 4.97. The molecular weight excluding hydrogens is 364 g/mol. The monoisotopic (exact) mass is 388 g/mol. The maximum Gasteiger partial charge on any atom is 0.263 e. The van der Waals surface area contributed by atoms with Crippen molar-refractivity contribution in [2.45, 2.75) is 70.2 Å². The Morgan fingerprint density at radius 3 is 2.52 bits per heavy atom. The van der Waals surface area contributed by atoms with Crippen LogP contribution in [0.3, 0.4) is 0 Å². The second-order valence-electron chi connectivity index (χ2n) is 6.93. The summed E-state index contributed by atoms with van der Waals surface area (Å²) in [5.74, 6) is -0.804. The van der Waals surface area contributed by atoms with Gasteiger partial charge >= 0.3 is 0 Å². The zero-order valence-corrected chi connectivity index (χ0v) is 17.1. The van der Waals surface area contributed by atoms with E-state index in [0.29, 0.717) is 12.3 Å². The van der Waals surface area contributed by atoms with Gasteiger partial charge in [-0.2, -0.15) is 10.0 Å². The van der Waals surface area contributed by atoms with Crippen LogP contribution in [0.1, 0.15) is 62.9 Å². The summed E-state index contributed by atoms with van der Waals surface area (Å²) >= 11 is 1.37. The molecular formula is C19H24N4O3S. The molecule has 8 heteroatoms. The van der Waals surface area contributed by atoms with Gasteiger partial charge in [0.15, 0.2) is 0 Å². The third-order valence-electron chi connectivity index (χ3n) is 4.71. The Balaban J connectivity index is 2.10. The van der Waals surface area contributed by atoms with E-state index < -0.39 is 17.1 Å². The Morgan fingerprint density at radius 1 is 1.26 bits per heavy atom. The number of rotatable bonds is 4. The van der Waals surface area contributed by atoms with Gasteiger partial charge in [-0.15, -0.1) is 0 Å². The lowest BCUT2D eigenvalue weighted by Crippen LogP contribution is -2.58. The molecule has 2 atom stereocenters. The summed E-state index contributed by atoms with van der Waals surface area (Å²) < 4.78 is 0. The molecule has 2 aliphatic rings. The van der Waals surface area contributed by atoms with Gasteiger partial charge in [-0.25, -0.2) is 4.98 Å². The van der Waals surface area contributed by atoms with Gasteiger partial charge in [0.1, 0.15) is 22.2 Å². The number of aromatic nitrogens is 1. The van der Waals surface area contributed by atoms with Gasteiger partial charge in [-0.1, -0.05) is 25.1 Å². The third-order valence-corrected chi connectivity index (χ3v) is 5.96. The second kappa shape index (κ2) is 7.42. The van der Waals surface area contributed by atoms with Crippen LogP contribution in [-0.4, -0.2) is 43.8 Å². The highest BCUT2D eigenvalue weighted by atomic mass is 32.2. The lowest BCUT2D eigenvalue weighted by atomic mass is 9.98. The first-order chi connectivity index (χ1) is 12.8. The quantitative estimate of drug-likeness (QED) is 0.792. The van der Waals surface area contributed by atoms with Crippen LogP contribution in [0.25, 0.3) is 0 Å². The molecule has 0 saturated carbocycles. The Kier molecular flexibility index (Phi) is 5.37. The highest BCUT2D eigenvalue weighted by molar-refractivity contribution is 8.01. The summed E-state index contributed by atoms with van der Waals surface area (Å²) in [6.07, 6.45) is 2.26. The van der Waals surface area contributed by atoms with E-state index in [0.717, 1.165) is 39.7 Å². The summed E-state index contributed by atoms with van der Waals surface area (Å²) in [5.41, 5.74) is 2.94. The molecule has 27 heavy (non-hydrogen) atoms. The second-order valence-corrected chi connectivity index (χ2v) is 8.06. The number of aliphatic imine (C=N–C) groups is 1. The lowest BCUT2D eigenvalue weighted by Gasteiger charge is -2.38. The van der Waals surface area contributed by atoms with E-state index in [1.54, 1.807) is 0 Å². The first kappa shape index (κ1) is 19.5. The number of amides is 3. The maximum atomic E-state index is 13.3. The molecule has 0 unspecified atom stereocenters. The number of imide groups is 1. The molecule has 0 radical (unpaired) electrons. The Morgan fingerprint density at radius 2 is 1.93 bits per heavy atom. The summed E-state index contributed by atoms with van der Waals surface area (Å²) in [6.45, 7) is 8.54. The standard InChI is InChI=1S/C19H24N4O3S/c1-6-7-8-14-21-16-15-10(2)9-11(3)20-18(15)27-17(16)19(26)23(14)22(12(4)24)13(5)25/h9,16-17H,6-8H2,1-5H3/t16-,17+/m0/s1. The summed E-state index contributed by atoms with van der Waals surface area (Å²) in [7, 11) is 0. The number of hydrogen-bond acceptors (Lipinski definition) is 6. The molecule has 7 nitrogen and oxygen atoms in total. The number of nitrogens with zero attached hydrogens (tertiary/aromatic N) is 4. The molecule has 3 amide bonds. The molecule has 3 heterocycles. The van der Waals surface area contributed by atoms with Crippen LogP contribution in [0.5, 0.6) is 0 Å². The highest BCUT2D eigenvalue weighted by Gasteiger charge is 2.49. The van der Waals surface area contributed by atoms with E-state index in [2.05, 4.69) is 4.98 Å². The third kappa shape index (κ3) is 3.38.